The predicted molar refractivity (Wildman–Crippen MR) is 80.5 cm³/mol. The highest BCUT2D eigenvalue weighted by molar-refractivity contribution is 5.93. The third-order valence-electron chi connectivity index (χ3n) is 4.21. The van der Waals surface area contributed by atoms with Crippen molar-refractivity contribution in [1.82, 2.24) is 9.38 Å². The summed E-state index contributed by atoms with van der Waals surface area (Å²) in [6.07, 6.45) is 6.35. The number of pyridine rings is 1. The van der Waals surface area contributed by atoms with E-state index in [4.69, 9.17) is 10.5 Å². The van der Waals surface area contributed by atoms with Gasteiger partial charge in [-0.2, -0.15) is 0 Å². The second-order valence-electron chi connectivity index (χ2n) is 5.78. The molecule has 0 unspecified atom stereocenters. The minimum Gasteiger partial charge on any atom is -0.478 e. The number of imidazole rings is 1. The maximum Gasteiger partial charge on any atom is 0.267 e. The van der Waals surface area contributed by atoms with Crippen molar-refractivity contribution in [2.45, 2.75) is 39.0 Å². The summed E-state index contributed by atoms with van der Waals surface area (Å²) in [6, 6.07) is 5.61. The van der Waals surface area contributed by atoms with Crippen molar-refractivity contribution < 1.29 is 9.53 Å². The fraction of sp³-hybridized carbons (Fsp3) is 0.500. The zero-order valence-electron chi connectivity index (χ0n) is 12.3. The number of carbonyl (C=O) groups excluding carboxylic acids is 1. The van der Waals surface area contributed by atoms with E-state index in [0.717, 1.165) is 0 Å². The third kappa shape index (κ3) is 2.73. The molecule has 0 aromatic carbocycles. The predicted octanol–water partition coefficient (Wildman–Crippen LogP) is 2.70. The van der Waals surface area contributed by atoms with Crippen LogP contribution >= 0.6 is 0 Å². The Labute approximate surface area is 124 Å². The first kappa shape index (κ1) is 13.9. The van der Waals surface area contributed by atoms with E-state index in [-0.39, 0.29) is 0 Å². The first-order valence-electron chi connectivity index (χ1n) is 7.57. The molecule has 21 heavy (non-hydrogen) atoms. The van der Waals surface area contributed by atoms with Gasteiger partial charge in [-0.25, -0.2) is 4.98 Å². The fourth-order valence-electron chi connectivity index (χ4n) is 3.14. The number of fused-ring (bicyclic) bond motifs is 1. The van der Waals surface area contributed by atoms with E-state index >= 15 is 0 Å². The van der Waals surface area contributed by atoms with Crippen LogP contribution < -0.4 is 10.5 Å². The zero-order chi connectivity index (χ0) is 14.8. The number of nitrogens with two attached hydrogens (primary N) is 1. The number of aryl methyl sites for hydroxylation is 1. The van der Waals surface area contributed by atoms with Gasteiger partial charge < -0.3 is 10.5 Å². The van der Waals surface area contributed by atoms with E-state index in [1.54, 1.807) is 11.3 Å². The average Bonchev–Trinajstić information content (AvgIpc) is 2.82. The lowest BCUT2D eigenvalue weighted by molar-refractivity contribution is 0.0992. The van der Waals surface area contributed by atoms with Crippen LogP contribution in [0.2, 0.25) is 0 Å². The second-order valence-corrected chi connectivity index (χ2v) is 5.78. The molecule has 0 saturated heterocycles. The Morgan fingerprint density at radius 2 is 2.14 bits per heavy atom. The molecule has 5 nitrogen and oxygen atoms in total. The van der Waals surface area contributed by atoms with Crippen molar-refractivity contribution >= 4 is 11.6 Å². The number of hydrogen-bond donors (Lipinski definition) is 1. The van der Waals surface area contributed by atoms with Crippen LogP contribution in [-0.2, 0) is 0 Å². The molecule has 0 spiro atoms. The molecule has 0 aliphatic heterocycles. The summed E-state index contributed by atoms with van der Waals surface area (Å²) in [5.41, 5.74) is 7.22. The Balaban J connectivity index is 1.89. The van der Waals surface area contributed by atoms with E-state index in [2.05, 4.69) is 4.98 Å². The van der Waals surface area contributed by atoms with Gasteiger partial charge in [0, 0.05) is 0 Å². The van der Waals surface area contributed by atoms with Crippen LogP contribution in [0, 0.1) is 12.8 Å². The van der Waals surface area contributed by atoms with Crippen LogP contribution in [0.3, 0.4) is 0 Å². The zero-order valence-corrected chi connectivity index (χ0v) is 12.3. The molecule has 0 atom stereocenters. The van der Waals surface area contributed by atoms with Crippen molar-refractivity contribution in [3.05, 3.63) is 29.6 Å². The number of amides is 1. The van der Waals surface area contributed by atoms with Crippen molar-refractivity contribution in [3.63, 3.8) is 0 Å². The molecule has 2 aromatic rings. The lowest BCUT2D eigenvalue weighted by Gasteiger charge is -2.22. The number of aromatic nitrogens is 2. The van der Waals surface area contributed by atoms with Crippen LogP contribution in [0.15, 0.2) is 18.2 Å². The number of carbonyl (C=O) groups is 1. The Bertz CT molecular complexity index is 657. The van der Waals surface area contributed by atoms with E-state index in [0.29, 0.717) is 35.4 Å². The highest BCUT2D eigenvalue weighted by Gasteiger charge is 2.18. The highest BCUT2D eigenvalue weighted by Crippen LogP contribution is 2.26. The molecular weight excluding hydrogens is 266 g/mol. The Kier molecular flexibility index (Phi) is 3.82. The van der Waals surface area contributed by atoms with Crippen LogP contribution in [0.5, 0.6) is 5.88 Å². The van der Waals surface area contributed by atoms with Crippen LogP contribution in [0.4, 0.5) is 0 Å². The molecule has 5 heteroatoms. The smallest absolute Gasteiger partial charge is 0.267 e. The number of ether oxygens (including phenoxy) is 1. The monoisotopic (exact) mass is 287 g/mol. The molecule has 0 radical (unpaired) electrons. The summed E-state index contributed by atoms with van der Waals surface area (Å²) in [6.45, 7) is 2.48. The lowest BCUT2D eigenvalue weighted by atomic mass is 9.90. The number of primary amides is 1. The molecule has 1 aliphatic rings. The Morgan fingerprint density at radius 3 is 2.86 bits per heavy atom. The maximum atomic E-state index is 11.7. The molecule has 2 aromatic heterocycles. The van der Waals surface area contributed by atoms with Gasteiger partial charge in [0.05, 0.1) is 12.3 Å². The minimum atomic E-state index is -0.478. The molecule has 1 saturated carbocycles. The molecule has 2 heterocycles. The largest absolute Gasteiger partial charge is 0.478 e. The van der Waals surface area contributed by atoms with Gasteiger partial charge in [-0.15, -0.1) is 0 Å². The SMILES string of the molecule is Cc1nc2cccc(OCC3CCCCC3)n2c1C(N)=O. The number of rotatable bonds is 4. The summed E-state index contributed by atoms with van der Waals surface area (Å²) in [5.74, 6) is 0.775. The first-order valence-corrected chi connectivity index (χ1v) is 7.57. The maximum absolute atomic E-state index is 11.7. The Morgan fingerprint density at radius 1 is 1.38 bits per heavy atom. The number of nitrogens with zero attached hydrogens (tertiary/aromatic N) is 2. The van der Waals surface area contributed by atoms with E-state index in [9.17, 15) is 4.79 Å². The summed E-state index contributed by atoms with van der Waals surface area (Å²) in [7, 11) is 0. The molecule has 2 N–H and O–H groups in total. The summed E-state index contributed by atoms with van der Waals surface area (Å²) < 4.78 is 7.70. The van der Waals surface area contributed by atoms with Gasteiger partial charge in [0.15, 0.2) is 5.88 Å². The summed E-state index contributed by atoms with van der Waals surface area (Å²) in [5, 5.41) is 0. The average molecular weight is 287 g/mol. The highest BCUT2D eigenvalue weighted by atomic mass is 16.5. The lowest BCUT2D eigenvalue weighted by Crippen LogP contribution is -2.19. The quantitative estimate of drug-likeness (QED) is 0.940. The molecular formula is C16H21N3O2. The van der Waals surface area contributed by atoms with Crippen molar-refractivity contribution in [2.24, 2.45) is 11.7 Å². The van der Waals surface area contributed by atoms with Gasteiger partial charge in [-0.3, -0.25) is 9.20 Å². The second kappa shape index (κ2) is 5.76. The van der Waals surface area contributed by atoms with E-state index < -0.39 is 5.91 Å². The van der Waals surface area contributed by atoms with Gasteiger partial charge in [0.2, 0.25) is 0 Å². The molecule has 1 fully saturated rings. The summed E-state index contributed by atoms with van der Waals surface area (Å²) in [4.78, 5) is 16.0. The first-order chi connectivity index (χ1) is 10.2. The minimum absolute atomic E-state index is 0.407. The van der Waals surface area contributed by atoms with Gasteiger partial charge >= 0.3 is 0 Å². The fourth-order valence-corrected chi connectivity index (χ4v) is 3.14. The van der Waals surface area contributed by atoms with Crippen LogP contribution in [0.25, 0.3) is 5.65 Å². The van der Waals surface area contributed by atoms with Crippen molar-refractivity contribution in [1.29, 1.82) is 0 Å². The Hall–Kier alpha value is -2.04. The topological polar surface area (TPSA) is 69.6 Å². The van der Waals surface area contributed by atoms with Crippen molar-refractivity contribution in [2.75, 3.05) is 6.61 Å². The molecule has 112 valence electrons. The van der Waals surface area contributed by atoms with Crippen LogP contribution in [-0.4, -0.2) is 21.9 Å². The molecule has 1 amide bonds. The van der Waals surface area contributed by atoms with Gasteiger partial charge in [0.1, 0.15) is 11.3 Å². The van der Waals surface area contributed by atoms with Gasteiger partial charge in [-0.05, 0) is 37.8 Å². The van der Waals surface area contributed by atoms with Crippen molar-refractivity contribution in [3.8, 4) is 5.88 Å². The summed E-state index contributed by atoms with van der Waals surface area (Å²) >= 11 is 0. The van der Waals surface area contributed by atoms with E-state index in [1.165, 1.54) is 32.1 Å². The number of hydrogen-bond acceptors (Lipinski definition) is 3. The van der Waals surface area contributed by atoms with Gasteiger partial charge in [0.25, 0.3) is 5.91 Å². The molecule has 1 aliphatic carbocycles. The molecule has 3 rings (SSSR count). The third-order valence-corrected chi connectivity index (χ3v) is 4.21. The van der Waals surface area contributed by atoms with Gasteiger partial charge in [-0.1, -0.05) is 25.3 Å². The normalized spacial score (nSPS) is 16.2. The molecule has 0 bridgehead atoms. The van der Waals surface area contributed by atoms with Crippen LogP contribution in [0.1, 0.15) is 48.3 Å². The van der Waals surface area contributed by atoms with E-state index in [1.807, 2.05) is 18.2 Å². The standard InChI is InChI=1S/C16H21N3O2/c1-11-15(16(17)20)19-13(18-11)8-5-9-14(19)21-10-12-6-3-2-4-7-12/h5,8-9,12H,2-4,6-7,10H2,1H3,(H2,17,20).